The fourth-order valence-corrected chi connectivity index (χ4v) is 1.55. The summed E-state index contributed by atoms with van der Waals surface area (Å²) in [4.78, 5) is 15.6. The molecule has 0 bridgehead atoms. The van der Waals surface area contributed by atoms with Crippen molar-refractivity contribution in [1.82, 2.24) is 10.4 Å². The van der Waals surface area contributed by atoms with Crippen LogP contribution in [0.3, 0.4) is 0 Å². The van der Waals surface area contributed by atoms with Crippen molar-refractivity contribution in [2.75, 3.05) is 0 Å². The van der Waals surface area contributed by atoms with E-state index in [1.807, 2.05) is 6.07 Å². The summed E-state index contributed by atoms with van der Waals surface area (Å²) in [5.74, 6) is -0.314. The summed E-state index contributed by atoms with van der Waals surface area (Å²) in [6.45, 7) is 1.78. The molecule has 0 atom stereocenters. The van der Waals surface area contributed by atoms with Gasteiger partial charge in [0, 0.05) is 12.4 Å². The van der Waals surface area contributed by atoms with Crippen LogP contribution in [0.2, 0.25) is 0 Å². The van der Waals surface area contributed by atoms with E-state index in [2.05, 4.69) is 15.5 Å². The van der Waals surface area contributed by atoms with Crippen LogP contribution in [0.5, 0.6) is 0 Å². The Kier molecular flexibility index (Phi) is 4.20. The summed E-state index contributed by atoms with van der Waals surface area (Å²) >= 11 is 0. The number of nitrogens with one attached hydrogen (secondary N) is 1. The quantitative estimate of drug-likeness (QED) is 0.681. The van der Waals surface area contributed by atoms with Crippen molar-refractivity contribution in [2.24, 2.45) is 5.10 Å². The normalized spacial score (nSPS) is 10.7. The van der Waals surface area contributed by atoms with Gasteiger partial charge >= 0.3 is 0 Å². The third-order valence-electron chi connectivity index (χ3n) is 2.68. The molecule has 5 heteroatoms. The fraction of sp³-hybridized carbons (Fsp3) is 0.0667. The van der Waals surface area contributed by atoms with Gasteiger partial charge in [0.05, 0.1) is 22.9 Å². The average Bonchev–Trinajstić information content (AvgIpc) is 2.53. The number of amides is 1. The van der Waals surface area contributed by atoms with Gasteiger partial charge < -0.3 is 0 Å². The SMILES string of the molecule is CC(=NNC(=O)c1cccnc1)c1ccc(C#N)cc1. The standard InChI is InChI=1S/C15H12N4O/c1-11(13-6-4-12(9-16)5-7-13)18-19-15(20)14-3-2-8-17-10-14/h2-8,10H,1H3,(H,19,20). The first-order valence-corrected chi connectivity index (χ1v) is 5.96. The zero-order valence-corrected chi connectivity index (χ0v) is 10.9. The van der Waals surface area contributed by atoms with E-state index < -0.39 is 0 Å². The zero-order chi connectivity index (χ0) is 14.4. The second-order valence-electron chi connectivity index (χ2n) is 4.07. The van der Waals surface area contributed by atoms with Gasteiger partial charge in [-0.1, -0.05) is 12.1 Å². The lowest BCUT2D eigenvalue weighted by Crippen LogP contribution is -2.19. The van der Waals surface area contributed by atoms with Crippen molar-refractivity contribution in [3.63, 3.8) is 0 Å². The zero-order valence-electron chi connectivity index (χ0n) is 10.9. The monoisotopic (exact) mass is 264 g/mol. The highest BCUT2D eigenvalue weighted by atomic mass is 16.2. The molecule has 0 radical (unpaired) electrons. The summed E-state index contributed by atoms with van der Waals surface area (Å²) in [6, 6.07) is 12.4. The molecule has 1 aromatic heterocycles. The van der Waals surface area contributed by atoms with Gasteiger partial charge in [0.25, 0.3) is 5.91 Å². The van der Waals surface area contributed by atoms with Crippen LogP contribution in [0.1, 0.15) is 28.4 Å². The van der Waals surface area contributed by atoms with Gasteiger partial charge in [0.15, 0.2) is 0 Å². The lowest BCUT2D eigenvalue weighted by Gasteiger charge is -2.02. The van der Waals surface area contributed by atoms with Crippen molar-refractivity contribution < 1.29 is 4.79 Å². The van der Waals surface area contributed by atoms with Crippen LogP contribution in [0.15, 0.2) is 53.9 Å². The predicted octanol–water partition coefficient (Wildman–Crippen LogP) is 2.11. The Morgan fingerprint density at radius 3 is 2.60 bits per heavy atom. The fourth-order valence-electron chi connectivity index (χ4n) is 1.55. The lowest BCUT2D eigenvalue weighted by molar-refractivity contribution is 0.0954. The summed E-state index contributed by atoms with van der Waals surface area (Å²) in [7, 11) is 0. The van der Waals surface area contributed by atoms with Crippen molar-refractivity contribution in [3.05, 3.63) is 65.5 Å². The molecule has 2 rings (SSSR count). The number of benzene rings is 1. The number of pyridine rings is 1. The molecule has 0 spiro atoms. The van der Waals surface area contributed by atoms with E-state index in [9.17, 15) is 4.79 Å². The maximum Gasteiger partial charge on any atom is 0.272 e. The Hall–Kier alpha value is -3.00. The maximum absolute atomic E-state index is 11.8. The highest BCUT2D eigenvalue weighted by molar-refractivity contribution is 6.00. The minimum absolute atomic E-state index is 0.314. The van der Waals surface area contributed by atoms with Crippen LogP contribution >= 0.6 is 0 Å². The first kappa shape index (κ1) is 13.4. The summed E-state index contributed by atoms with van der Waals surface area (Å²) in [5, 5.41) is 12.8. The van der Waals surface area contributed by atoms with Gasteiger partial charge in [-0.05, 0) is 36.8 Å². The maximum atomic E-state index is 11.8. The number of hydrogen-bond acceptors (Lipinski definition) is 4. The van der Waals surface area contributed by atoms with E-state index in [0.717, 1.165) is 5.56 Å². The molecule has 20 heavy (non-hydrogen) atoms. The Morgan fingerprint density at radius 1 is 1.25 bits per heavy atom. The summed E-state index contributed by atoms with van der Waals surface area (Å²) < 4.78 is 0. The number of nitriles is 1. The van der Waals surface area contributed by atoms with Crippen molar-refractivity contribution >= 4 is 11.6 Å². The third-order valence-corrected chi connectivity index (χ3v) is 2.68. The highest BCUT2D eigenvalue weighted by Gasteiger charge is 2.04. The molecule has 0 aliphatic rings. The molecule has 0 aliphatic heterocycles. The Bertz CT molecular complexity index is 669. The number of carbonyl (C=O) groups excluding carboxylic acids is 1. The van der Waals surface area contributed by atoms with E-state index in [1.54, 1.807) is 49.5 Å². The minimum atomic E-state index is -0.314. The van der Waals surface area contributed by atoms with Crippen LogP contribution in [-0.2, 0) is 0 Å². The molecule has 5 nitrogen and oxygen atoms in total. The Morgan fingerprint density at radius 2 is 2.00 bits per heavy atom. The molecule has 0 saturated carbocycles. The van der Waals surface area contributed by atoms with Crippen LogP contribution in [0.4, 0.5) is 0 Å². The molecular weight excluding hydrogens is 252 g/mol. The van der Waals surface area contributed by atoms with Gasteiger partial charge in [0.1, 0.15) is 0 Å². The van der Waals surface area contributed by atoms with E-state index in [0.29, 0.717) is 16.8 Å². The van der Waals surface area contributed by atoms with Crippen molar-refractivity contribution in [3.8, 4) is 6.07 Å². The second-order valence-corrected chi connectivity index (χ2v) is 4.07. The smallest absolute Gasteiger partial charge is 0.267 e. The molecule has 1 amide bonds. The highest BCUT2D eigenvalue weighted by Crippen LogP contribution is 2.04. The van der Waals surface area contributed by atoms with Crippen LogP contribution < -0.4 is 5.43 Å². The molecule has 98 valence electrons. The minimum Gasteiger partial charge on any atom is -0.267 e. The number of hydrogen-bond donors (Lipinski definition) is 1. The van der Waals surface area contributed by atoms with E-state index in [-0.39, 0.29) is 5.91 Å². The van der Waals surface area contributed by atoms with Crippen LogP contribution in [-0.4, -0.2) is 16.6 Å². The van der Waals surface area contributed by atoms with Crippen LogP contribution in [0, 0.1) is 11.3 Å². The van der Waals surface area contributed by atoms with Gasteiger partial charge in [-0.2, -0.15) is 10.4 Å². The molecular formula is C15H12N4O. The number of hydrazone groups is 1. The molecule has 0 unspecified atom stereocenters. The van der Waals surface area contributed by atoms with E-state index in [4.69, 9.17) is 5.26 Å². The molecule has 1 N–H and O–H groups in total. The van der Waals surface area contributed by atoms with Gasteiger partial charge in [-0.15, -0.1) is 0 Å². The van der Waals surface area contributed by atoms with Crippen molar-refractivity contribution in [1.29, 1.82) is 5.26 Å². The largest absolute Gasteiger partial charge is 0.272 e. The lowest BCUT2D eigenvalue weighted by atomic mass is 10.1. The molecule has 0 saturated heterocycles. The van der Waals surface area contributed by atoms with E-state index in [1.165, 1.54) is 6.20 Å². The molecule has 2 aromatic rings. The summed E-state index contributed by atoms with van der Waals surface area (Å²) in [6.07, 6.45) is 3.07. The van der Waals surface area contributed by atoms with Gasteiger partial charge in [0.2, 0.25) is 0 Å². The second kappa shape index (κ2) is 6.25. The topological polar surface area (TPSA) is 78.1 Å². The molecule has 0 aliphatic carbocycles. The van der Waals surface area contributed by atoms with Gasteiger partial charge in [-0.25, -0.2) is 5.43 Å². The first-order valence-electron chi connectivity index (χ1n) is 5.96. The van der Waals surface area contributed by atoms with Crippen molar-refractivity contribution in [2.45, 2.75) is 6.92 Å². The van der Waals surface area contributed by atoms with Crippen LogP contribution in [0.25, 0.3) is 0 Å². The average molecular weight is 264 g/mol. The molecule has 1 aromatic carbocycles. The van der Waals surface area contributed by atoms with Gasteiger partial charge in [-0.3, -0.25) is 9.78 Å². The predicted molar refractivity (Wildman–Crippen MR) is 75.1 cm³/mol. The molecule has 1 heterocycles. The number of aromatic nitrogens is 1. The number of nitrogens with zero attached hydrogens (tertiary/aromatic N) is 3. The third kappa shape index (κ3) is 3.27. The number of rotatable bonds is 3. The summed E-state index contributed by atoms with van der Waals surface area (Å²) in [5.41, 5.74) is 5.00. The van der Waals surface area contributed by atoms with E-state index >= 15 is 0 Å². The molecule has 0 fully saturated rings. The number of carbonyl (C=O) groups is 1. The Labute approximate surface area is 116 Å². The first-order chi connectivity index (χ1) is 9.70. The Balaban J connectivity index is 2.07.